The largest absolute Gasteiger partial charge is 0.381 e. The normalized spacial score (nSPS) is 35.8. The molecule has 0 radical (unpaired) electrons. The number of hydrogen-bond donors (Lipinski definition) is 1. The third-order valence-corrected chi connectivity index (χ3v) is 3.38. The van der Waals surface area contributed by atoms with Crippen LogP contribution in [-0.2, 0) is 9.47 Å². The van der Waals surface area contributed by atoms with Gasteiger partial charge in [-0.1, -0.05) is 0 Å². The molecule has 0 bridgehead atoms. The zero-order chi connectivity index (χ0) is 9.80. The van der Waals surface area contributed by atoms with Crippen LogP contribution in [0, 0.1) is 5.92 Å². The first kappa shape index (κ1) is 10.4. The lowest BCUT2D eigenvalue weighted by atomic mass is 9.92. The summed E-state index contributed by atoms with van der Waals surface area (Å²) in [6.07, 6.45) is 6.29. The fourth-order valence-electron chi connectivity index (χ4n) is 2.38. The van der Waals surface area contributed by atoms with Crippen LogP contribution in [-0.4, -0.2) is 32.0 Å². The average molecular weight is 199 g/mol. The summed E-state index contributed by atoms with van der Waals surface area (Å²) in [7, 11) is 0. The molecule has 0 saturated carbocycles. The highest BCUT2D eigenvalue weighted by Crippen LogP contribution is 2.23. The molecule has 2 aliphatic heterocycles. The molecule has 0 aliphatic carbocycles. The summed E-state index contributed by atoms with van der Waals surface area (Å²) < 4.78 is 11.0. The smallest absolute Gasteiger partial charge is 0.0590 e. The Labute approximate surface area is 85.9 Å². The van der Waals surface area contributed by atoms with Crippen LogP contribution < -0.4 is 5.73 Å². The second kappa shape index (κ2) is 5.10. The highest BCUT2D eigenvalue weighted by Gasteiger charge is 2.26. The quantitative estimate of drug-likeness (QED) is 0.745. The van der Waals surface area contributed by atoms with E-state index in [4.69, 9.17) is 15.2 Å². The van der Waals surface area contributed by atoms with Crippen molar-refractivity contribution in [3.05, 3.63) is 0 Å². The van der Waals surface area contributed by atoms with E-state index >= 15 is 0 Å². The van der Waals surface area contributed by atoms with Gasteiger partial charge in [0.25, 0.3) is 0 Å². The maximum atomic E-state index is 6.15. The molecule has 0 amide bonds. The molecule has 0 aromatic carbocycles. The molecule has 3 nitrogen and oxygen atoms in total. The minimum absolute atomic E-state index is 0.278. The summed E-state index contributed by atoms with van der Waals surface area (Å²) in [5.41, 5.74) is 6.15. The molecule has 2 fully saturated rings. The highest BCUT2D eigenvalue weighted by atomic mass is 16.5. The Bertz CT molecular complexity index is 163. The summed E-state index contributed by atoms with van der Waals surface area (Å²) >= 11 is 0. The molecule has 2 saturated heterocycles. The van der Waals surface area contributed by atoms with E-state index in [1.165, 1.54) is 19.3 Å². The molecular weight excluding hydrogens is 178 g/mol. The summed E-state index contributed by atoms with van der Waals surface area (Å²) in [4.78, 5) is 0. The Balaban J connectivity index is 1.72. The number of rotatable bonds is 3. The fourth-order valence-corrected chi connectivity index (χ4v) is 2.38. The molecule has 0 spiro atoms. The van der Waals surface area contributed by atoms with Gasteiger partial charge in [0.15, 0.2) is 0 Å². The topological polar surface area (TPSA) is 44.5 Å². The maximum Gasteiger partial charge on any atom is 0.0590 e. The summed E-state index contributed by atoms with van der Waals surface area (Å²) in [5, 5.41) is 0. The lowest BCUT2D eigenvalue weighted by Crippen LogP contribution is -2.36. The standard InChI is InChI=1S/C11H21NO2/c12-11(9-4-6-13-8-9)7-10-3-1-2-5-14-10/h9-11H,1-8,12H2. The molecule has 14 heavy (non-hydrogen) atoms. The van der Waals surface area contributed by atoms with Gasteiger partial charge in [0, 0.05) is 19.3 Å². The van der Waals surface area contributed by atoms with Gasteiger partial charge >= 0.3 is 0 Å². The van der Waals surface area contributed by atoms with Crippen LogP contribution in [0.5, 0.6) is 0 Å². The van der Waals surface area contributed by atoms with E-state index in [-0.39, 0.29) is 6.04 Å². The van der Waals surface area contributed by atoms with E-state index < -0.39 is 0 Å². The molecule has 0 aromatic heterocycles. The third kappa shape index (κ3) is 2.69. The van der Waals surface area contributed by atoms with Gasteiger partial charge < -0.3 is 15.2 Å². The van der Waals surface area contributed by atoms with Crippen LogP contribution in [0.4, 0.5) is 0 Å². The zero-order valence-electron chi connectivity index (χ0n) is 8.78. The van der Waals surface area contributed by atoms with Crippen LogP contribution >= 0.6 is 0 Å². The molecule has 0 aromatic rings. The van der Waals surface area contributed by atoms with Gasteiger partial charge in [-0.15, -0.1) is 0 Å². The van der Waals surface area contributed by atoms with E-state index in [1.54, 1.807) is 0 Å². The van der Waals surface area contributed by atoms with E-state index in [9.17, 15) is 0 Å². The molecule has 82 valence electrons. The number of ether oxygens (including phenoxy) is 2. The minimum Gasteiger partial charge on any atom is -0.381 e. The molecule has 2 N–H and O–H groups in total. The van der Waals surface area contributed by atoms with Crippen molar-refractivity contribution in [1.82, 2.24) is 0 Å². The molecule has 3 atom stereocenters. The number of nitrogens with two attached hydrogens (primary N) is 1. The maximum absolute atomic E-state index is 6.15. The first-order valence-corrected chi connectivity index (χ1v) is 5.81. The molecule has 2 aliphatic rings. The predicted molar refractivity (Wildman–Crippen MR) is 55.1 cm³/mol. The SMILES string of the molecule is NC(CC1CCCCO1)C1CCOC1. The second-order valence-corrected chi connectivity index (χ2v) is 4.51. The predicted octanol–water partition coefficient (Wildman–Crippen LogP) is 1.31. The molecular formula is C11H21NO2. The van der Waals surface area contributed by atoms with Crippen LogP contribution in [0.1, 0.15) is 32.1 Å². The van der Waals surface area contributed by atoms with Gasteiger partial charge in [0.2, 0.25) is 0 Å². The first-order chi connectivity index (χ1) is 6.86. The summed E-state index contributed by atoms with van der Waals surface area (Å²) in [6.45, 7) is 2.68. The second-order valence-electron chi connectivity index (χ2n) is 4.51. The Kier molecular flexibility index (Phi) is 3.79. The Morgan fingerprint density at radius 2 is 2.14 bits per heavy atom. The van der Waals surface area contributed by atoms with Crippen molar-refractivity contribution in [3.63, 3.8) is 0 Å². The van der Waals surface area contributed by atoms with Crippen molar-refractivity contribution in [2.75, 3.05) is 19.8 Å². The van der Waals surface area contributed by atoms with Crippen LogP contribution in [0.3, 0.4) is 0 Å². The summed E-state index contributed by atoms with van der Waals surface area (Å²) in [6, 6.07) is 0.278. The molecule has 2 heterocycles. The van der Waals surface area contributed by atoms with Crippen molar-refractivity contribution < 1.29 is 9.47 Å². The molecule has 3 unspecified atom stereocenters. The van der Waals surface area contributed by atoms with E-state index in [2.05, 4.69) is 0 Å². The average Bonchev–Trinajstić information content (AvgIpc) is 2.72. The number of hydrogen-bond acceptors (Lipinski definition) is 3. The van der Waals surface area contributed by atoms with E-state index in [1.807, 2.05) is 0 Å². The monoisotopic (exact) mass is 199 g/mol. The third-order valence-electron chi connectivity index (χ3n) is 3.38. The van der Waals surface area contributed by atoms with Gasteiger partial charge in [-0.05, 0) is 38.0 Å². The van der Waals surface area contributed by atoms with Crippen LogP contribution in [0.15, 0.2) is 0 Å². The van der Waals surface area contributed by atoms with Crippen molar-refractivity contribution in [2.45, 2.75) is 44.2 Å². The van der Waals surface area contributed by atoms with Gasteiger partial charge in [-0.3, -0.25) is 0 Å². The summed E-state index contributed by atoms with van der Waals surface area (Å²) in [5.74, 6) is 0.570. The van der Waals surface area contributed by atoms with Gasteiger partial charge in [-0.25, -0.2) is 0 Å². The van der Waals surface area contributed by atoms with Crippen molar-refractivity contribution in [3.8, 4) is 0 Å². The van der Waals surface area contributed by atoms with Crippen LogP contribution in [0.25, 0.3) is 0 Å². The Morgan fingerprint density at radius 3 is 2.79 bits per heavy atom. The highest BCUT2D eigenvalue weighted by molar-refractivity contribution is 4.80. The van der Waals surface area contributed by atoms with Gasteiger partial charge in [0.1, 0.15) is 0 Å². The Morgan fingerprint density at radius 1 is 1.21 bits per heavy atom. The van der Waals surface area contributed by atoms with Crippen molar-refractivity contribution >= 4 is 0 Å². The lowest BCUT2D eigenvalue weighted by molar-refractivity contribution is 0.00372. The lowest BCUT2D eigenvalue weighted by Gasteiger charge is -2.27. The zero-order valence-corrected chi connectivity index (χ0v) is 8.78. The van der Waals surface area contributed by atoms with Crippen molar-refractivity contribution in [1.29, 1.82) is 0 Å². The van der Waals surface area contributed by atoms with Crippen LogP contribution in [0.2, 0.25) is 0 Å². The van der Waals surface area contributed by atoms with E-state index in [0.717, 1.165) is 32.7 Å². The molecule has 3 heteroatoms. The van der Waals surface area contributed by atoms with E-state index in [0.29, 0.717) is 12.0 Å². The minimum atomic E-state index is 0.278. The molecule has 2 rings (SSSR count). The van der Waals surface area contributed by atoms with Gasteiger partial charge in [-0.2, -0.15) is 0 Å². The fraction of sp³-hybridized carbons (Fsp3) is 1.00. The Hall–Kier alpha value is -0.120. The van der Waals surface area contributed by atoms with Crippen molar-refractivity contribution in [2.24, 2.45) is 11.7 Å². The van der Waals surface area contributed by atoms with Gasteiger partial charge in [0.05, 0.1) is 12.7 Å². The first-order valence-electron chi connectivity index (χ1n) is 5.81.